The van der Waals surface area contributed by atoms with Gasteiger partial charge in [0.25, 0.3) is 17.5 Å². The van der Waals surface area contributed by atoms with Gasteiger partial charge >= 0.3 is 5.97 Å². The van der Waals surface area contributed by atoms with E-state index in [9.17, 15) is 29.3 Å². The Morgan fingerprint density at radius 1 is 1.03 bits per heavy atom. The summed E-state index contributed by atoms with van der Waals surface area (Å²) in [6, 6.07) is 10.9. The lowest BCUT2D eigenvalue weighted by Crippen LogP contribution is -2.33. The number of rotatable bonds is 10. The van der Waals surface area contributed by atoms with Crippen molar-refractivity contribution in [2.75, 3.05) is 25.1 Å². The lowest BCUT2D eigenvalue weighted by molar-refractivity contribution is -0.385. The lowest BCUT2D eigenvalue weighted by Gasteiger charge is -2.13. The van der Waals surface area contributed by atoms with Gasteiger partial charge in [-0.15, -0.1) is 11.3 Å². The molecular formula is C26H23N3O8S. The number of hydrogen-bond donors (Lipinski definition) is 1. The van der Waals surface area contributed by atoms with Gasteiger partial charge in [-0.3, -0.25) is 29.4 Å². The number of carbonyl (C=O) groups excluding carboxylic acids is 4. The summed E-state index contributed by atoms with van der Waals surface area (Å²) in [5.41, 5.74) is 0.650. The van der Waals surface area contributed by atoms with Gasteiger partial charge in [-0.05, 0) is 37.6 Å². The van der Waals surface area contributed by atoms with Crippen LogP contribution in [0.1, 0.15) is 51.3 Å². The lowest BCUT2D eigenvalue weighted by atomic mass is 10.0. The largest absolute Gasteiger partial charge is 0.494 e. The number of imide groups is 1. The summed E-state index contributed by atoms with van der Waals surface area (Å²) in [4.78, 5) is 62.4. The quantitative estimate of drug-likeness (QED) is 0.172. The number of nitro benzene ring substituents is 1. The number of nitrogens with one attached hydrogen (secondary N) is 1. The molecule has 3 aromatic rings. The highest BCUT2D eigenvalue weighted by Crippen LogP contribution is 2.37. The SMILES string of the molecule is CCOC(=O)c1c(-c2ccc(OCC)cc2)csc1NC(=O)CCN1C(=O)c2cccc([N+](=O)[O-])c2C1=O. The van der Waals surface area contributed by atoms with Crippen LogP contribution in [0.25, 0.3) is 11.1 Å². The predicted molar refractivity (Wildman–Crippen MR) is 139 cm³/mol. The third-order valence-electron chi connectivity index (χ3n) is 5.74. The zero-order valence-electron chi connectivity index (χ0n) is 20.5. The predicted octanol–water partition coefficient (Wildman–Crippen LogP) is 4.52. The number of anilines is 1. The number of fused-ring (bicyclic) bond motifs is 1. The second kappa shape index (κ2) is 11.2. The van der Waals surface area contributed by atoms with Gasteiger partial charge in [0.1, 0.15) is 21.9 Å². The van der Waals surface area contributed by atoms with Gasteiger partial charge in [0.2, 0.25) is 5.91 Å². The monoisotopic (exact) mass is 537 g/mol. The Morgan fingerprint density at radius 2 is 1.76 bits per heavy atom. The second-order valence-electron chi connectivity index (χ2n) is 8.05. The topological polar surface area (TPSA) is 145 Å². The Kier molecular flexibility index (Phi) is 7.82. The van der Waals surface area contributed by atoms with Gasteiger partial charge in [-0.1, -0.05) is 18.2 Å². The summed E-state index contributed by atoms with van der Waals surface area (Å²) in [6.45, 7) is 3.90. The molecule has 0 fully saturated rings. The summed E-state index contributed by atoms with van der Waals surface area (Å²) in [7, 11) is 0. The summed E-state index contributed by atoms with van der Waals surface area (Å²) < 4.78 is 10.7. The van der Waals surface area contributed by atoms with Crippen molar-refractivity contribution in [1.29, 1.82) is 0 Å². The van der Waals surface area contributed by atoms with Crippen molar-refractivity contribution in [2.24, 2.45) is 0 Å². The highest BCUT2D eigenvalue weighted by Gasteiger charge is 2.40. The van der Waals surface area contributed by atoms with Crippen molar-refractivity contribution in [3.05, 3.63) is 74.6 Å². The minimum absolute atomic E-state index is 0.0764. The molecule has 4 rings (SSSR count). The average Bonchev–Trinajstić information content (AvgIpc) is 3.42. The third-order valence-corrected chi connectivity index (χ3v) is 6.63. The first-order valence-electron chi connectivity index (χ1n) is 11.7. The number of nitrogens with zero attached hydrogens (tertiary/aromatic N) is 2. The fraction of sp³-hybridized carbons (Fsp3) is 0.231. The molecule has 0 atom stereocenters. The van der Waals surface area contributed by atoms with Crippen LogP contribution in [0, 0.1) is 10.1 Å². The Hall–Kier alpha value is -4.58. The molecule has 0 bridgehead atoms. The number of amides is 3. The van der Waals surface area contributed by atoms with E-state index in [0.29, 0.717) is 17.9 Å². The van der Waals surface area contributed by atoms with Gasteiger partial charge in [-0.25, -0.2) is 4.79 Å². The molecule has 196 valence electrons. The first-order chi connectivity index (χ1) is 18.3. The van der Waals surface area contributed by atoms with Crippen LogP contribution < -0.4 is 10.1 Å². The van der Waals surface area contributed by atoms with Crippen LogP contribution >= 0.6 is 11.3 Å². The number of carbonyl (C=O) groups is 4. The van der Waals surface area contributed by atoms with Crippen LogP contribution in [-0.4, -0.2) is 53.3 Å². The van der Waals surface area contributed by atoms with Gasteiger partial charge in [0, 0.05) is 30.0 Å². The molecule has 0 spiro atoms. The molecule has 2 aromatic carbocycles. The third kappa shape index (κ3) is 5.11. The van der Waals surface area contributed by atoms with Crippen molar-refractivity contribution in [1.82, 2.24) is 4.90 Å². The molecule has 1 aromatic heterocycles. The molecule has 1 aliphatic rings. The highest BCUT2D eigenvalue weighted by atomic mass is 32.1. The van der Waals surface area contributed by atoms with Crippen molar-refractivity contribution in [3.63, 3.8) is 0 Å². The maximum atomic E-state index is 12.8. The Balaban J connectivity index is 1.51. The number of nitro groups is 1. The van der Waals surface area contributed by atoms with Crippen molar-refractivity contribution in [3.8, 4) is 16.9 Å². The summed E-state index contributed by atoms with van der Waals surface area (Å²) in [5.74, 6) is -2.02. The van der Waals surface area contributed by atoms with E-state index in [1.807, 2.05) is 6.92 Å². The number of ether oxygens (including phenoxy) is 2. The minimum atomic E-state index is -0.828. The maximum absolute atomic E-state index is 12.8. The van der Waals surface area contributed by atoms with Crippen molar-refractivity contribution in [2.45, 2.75) is 20.3 Å². The molecule has 0 unspecified atom stereocenters. The van der Waals surface area contributed by atoms with E-state index < -0.39 is 34.3 Å². The molecular weight excluding hydrogens is 514 g/mol. The molecule has 1 N–H and O–H groups in total. The fourth-order valence-corrected chi connectivity index (χ4v) is 5.01. The van der Waals surface area contributed by atoms with Crippen LogP contribution in [0.5, 0.6) is 5.75 Å². The molecule has 0 radical (unpaired) electrons. The minimum Gasteiger partial charge on any atom is -0.494 e. The highest BCUT2D eigenvalue weighted by molar-refractivity contribution is 7.15. The van der Waals surface area contributed by atoms with Crippen LogP contribution in [0.2, 0.25) is 0 Å². The normalized spacial score (nSPS) is 12.3. The smallest absolute Gasteiger partial charge is 0.341 e. The summed E-state index contributed by atoms with van der Waals surface area (Å²) in [6.07, 6.45) is -0.280. The van der Waals surface area contributed by atoms with Crippen molar-refractivity contribution >= 4 is 45.7 Å². The molecule has 2 heterocycles. The first kappa shape index (κ1) is 26.5. The Labute approximate surface area is 221 Å². The van der Waals surface area contributed by atoms with Crippen molar-refractivity contribution < 1.29 is 33.6 Å². The number of hydrogen-bond acceptors (Lipinski definition) is 9. The standard InChI is InChI=1S/C26H23N3O8S/c1-3-36-16-10-8-15(9-11-16)18-14-38-23(22(18)26(33)37-4-2)27-20(30)12-13-28-24(31)17-6-5-7-19(29(34)35)21(17)25(28)32/h5-11,14H,3-4,12-13H2,1-2H3,(H,27,30). The van der Waals surface area contributed by atoms with E-state index in [2.05, 4.69) is 5.32 Å². The molecule has 11 nitrogen and oxygen atoms in total. The van der Waals surface area contributed by atoms with E-state index in [-0.39, 0.29) is 41.3 Å². The van der Waals surface area contributed by atoms with Crippen LogP contribution in [-0.2, 0) is 9.53 Å². The van der Waals surface area contributed by atoms with E-state index in [4.69, 9.17) is 9.47 Å². The van der Waals surface area contributed by atoms with Gasteiger partial charge in [-0.2, -0.15) is 0 Å². The zero-order valence-corrected chi connectivity index (χ0v) is 21.3. The van der Waals surface area contributed by atoms with E-state index in [1.165, 1.54) is 12.1 Å². The summed E-state index contributed by atoms with van der Waals surface area (Å²) in [5, 5.41) is 15.9. The summed E-state index contributed by atoms with van der Waals surface area (Å²) >= 11 is 1.14. The molecule has 0 aliphatic carbocycles. The van der Waals surface area contributed by atoms with E-state index in [1.54, 1.807) is 36.6 Å². The number of thiophene rings is 1. The molecule has 0 saturated carbocycles. The molecule has 38 heavy (non-hydrogen) atoms. The van der Waals surface area contributed by atoms with Gasteiger partial charge < -0.3 is 14.8 Å². The van der Waals surface area contributed by atoms with Crippen LogP contribution in [0.3, 0.4) is 0 Å². The molecule has 3 amide bonds. The Bertz CT molecular complexity index is 1430. The van der Waals surface area contributed by atoms with Crippen LogP contribution in [0.4, 0.5) is 10.7 Å². The zero-order chi connectivity index (χ0) is 27.4. The second-order valence-corrected chi connectivity index (χ2v) is 8.93. The van der Waals surface area contributed by atoms with E-state index >= 15 is 0 Å². The van der Waals surface area contributed by atoms with Gasteiger partial charge in [0.05, 0.1) is 23.7 Å². The van der Waals surface area contributed by atoms with Crippen LogP contribution in [0.15, 0.2) is 47.8 Å². The number of benzene rings is 2. The fourth-order valence-electron chi connectivity index (χ4n) is 4.04. The molecule has 1 aliphatic heterocycles. The molecule has 0 saturated heterocycles. The Morgan fingerprint density at radius 3 is 2.42 bits per heavy atom. The number of esters is 1. The average molecular weight is 538 g/mol. The van der Waals surface area contributed by atoms with E-state index in [0.717, 1.165) is 27.9 Å². The first-order valence-corrected chi connectivity index (χ1v) is 12.6. The molecule has 12 heteroatoms. The van der Waals surface area contributed by atoms with Gasteiger partial charge in [0.15, 0.2) is 0 Å². The maximum Gasteiger partial charge on any atom is 0.341 e.